The molecule has 1 rings (SSSR count). The van der Waals surface area contributed by atoms with E-state index in [-0.39, 0.29) is 19.4 Å². The van der Waals surface area contributed by atoms with E-state index in [1.165, 1.54) is 109 Å². The van der Waals surface area contributed by atoms with Crippen molar-refractivity contribution in [2.45, 2.75) is 307 Å². The van der Waals surface area contributed by atoms with E-state index in [2.05, 4.69) is 111 Å². The molecule has 1 fully saturated rings. The Morgan fingerprint density at radius 1 is 0.506 bits per heavy atom. The van der Waals surface area contributed by atoms with Gasteiger partial charge in [0.15, 0.2) is 12.4 Å². The first-order valence-electron chi connectivity index (χ1n) is 32.0. The topological polar surface area (TPSA) is 175 Å². The second-order valence-corrected chi connectivity index (χ2v) is 21.8. The van der Waals surface area contributed by atoms with E-state index >= 15 is 0 Å². The van der Waals surface area contributed by atoms with E-state index in [4.69, 9.17) is 14.2 Å². The number of carbonyl (C=O) groups is 2. The number of nitrogens with one attached hydrogen (secondary N) is 1. The molecule has 0 aromatic rings. The summed E-state index contributed by atoms with van der Waals surface area (Å²) in [5.41, 5.74) is 0. The molecule has 0 aliphatic carbocycles. The van der Waals surface area contributed by atoms with Crippen LogP contribution in [-0.4, -0.2) is 99.6 Å². The predicted octanol–water partition coefficient (Wildman–Crippen LogP) is 15.5. The van der Waals surface area contributed by atoms with Crippen LogP contribution < -0.4 is 5.32 Å². The van der Waals surface area contributed by atoms with Crippen molar-refractivity contribution in [3.63, 3.8) is 0 Å². The zero-order valence-corrected chi connectivity index (χ0v) is 50.2. The summed E-state index contributed by atoms with van der Waals surface area (Å²) < 4.78 is 17.6. The van der Waals surface area contributed by atoms with Gasteiger partial charge in [0, 0.05) is 6.42 Å². The third-order valence-electron chi connectivity index (χ3n) is 14.5. The van der Waals surface area contributed by atoms with Crippen molar-refractivity contribution in [2.24, 2.45) is 0 Å². The number of aliphatic hydroxyl groups excluding tert-OH is 5. The van der Waals surface area contributed by atoms with Crippen molar-refractivity contribution >= 4 is 11.9 Å². The SMILES string of the molecule is CC/C=C\C/C=C\C/C=C\C/C=C\C/C=C\C/C=C\CCCCC(=O)OC1C(OCC(NC(=O)C(O)CCCCCCCC/C=C/CCCCCCCC)C(O)/C=C/CCCCCCCCCCCCC)OC(CO)C(O)C1O. The molecule has 1 heterocycles. The van der Waals surface area contributed by atoms with E-state index in [1.807, 2.05) is 6.08 Å². The highest BCUT2D eigenvalue weighted by Gasteiger charge is 2.47. The van der Waals surface area contributed by atoms with Gasteiger partial charge in [-0.2, -0.15) is 0 Å². The molecule has 1 saturated heterocycles. The minimum Gasteiger partial charge on any atom is -0.454 e. The summed E-state index contributed by atoms with van der Waals surface area (Å²) in [6.45, 7) is 5.65. The third kappa shape index (κ3) is 43.0. The van der Waals surface area contributed by atoms with Gasteiger partial charge in [0.25, 0.3) is 0 Å². The van der Waals surface area contributed by atoms with Crippen LogP contribution in [-0.2, 0) is 23.8 Å². The van der Waals surface area contributed by atoms with Gasteiger partial charge in [0.05, 0.1) is 25.4 Å². The van der Waals surface area contributed by atoms with Crippen molar-refractivity contribution in [2.75, 3.05) is 13.2 Å². The Kier molecular flexibility index (Phi) is 51.4. The van der Waals surface area contributed by atoms with Gasteiger partial charge in [-0.25, -0.2) is 0 Å². The van der Waals surface area contributed by atoms with Crippen LogP contribution in [0.2, 0.25) is 0 Å². The van der Waals surface area contributed by atoms with Gasteiger partial charge in [0.2, 0.25) is 5.91 Å². The molecule has 0 bridgehead atoms. The Morgan fingerprint density at radius 2 is 0.911 bits per heavy atom. The second kappa shape index (κ2) is 55.1. The minimum atomic E-state index is -1.64. The quantitative estimate of drug-likeness (QED) is 0.0195. The molecule has 0 aromatic carbocycles. The summed E-state index contributed by atoms with van der Waals surface area (Å²) in [6.07, 6.45) is 62.9. The molecule has 1 aliphatic heterocycles. The lowest BCUT2D eigenvalue weighted by atomic mass is 9.99. The van der Waals surface area contributed by atoms with Crippen LogP contribution >= 0.6 is 0 Å². The number of hydrogen-bond acceptors (Lipinski definition) is 10. The molecule has 8 atom stereocenters. The number of aliphatic hydroxyl groups is 5. The largest absolute Gasteiger partial charge is 0.454 e. The maximum absolute atomic E-state index is 13.4. The molecule has 1 aliphatic rings. The van der Waals surface area contributed by atoms with Gasteiger partial charge in [-0.15, -0.1) is 0 Å². The number of unbranched alkanes of at least 4 members (excludes halogenated alkanes) is 25. The fraction of sp³-hybridized carbons (Fsp3) is 0.735. The highest BCUT2D eigenvalue weighted by atomic mass is 16.7. The van der Waals surface area contributed by atoms with Crippen LogP contribution in [0.1, 0.15) is 258 Å². The van der Waals surface area contributed by atoms with Gasteiger partial charge in [-0.05, 0) is 103 Å². The molecule has 0 spiro atoms. The summed E-state index contributed by atoms with van der Waals surface area (Å²) in [6, 6.07) is -1.04. The first-order chi connectivity index (χ1) is 38.7. The van der Waals surface area contributed by atoms with Crippen LogP contribution in [0.15, 0.2) is 97.2 Å². The monoisotopic (exact) mass is 1110 g/mol. The number of hydrogen-bond donors (Lipinski definition) is 6. The van der Waals surface area contributed by atoms with Crippen molar-refractivity contribution < 1.29 is 49.3 Å². The highest BCUT2D eigenvalue weighted by molar-refractivity contribution is 5.80. The van der Waals surface area contributed by atoms with E-state index in [9.17, 15) is 35.1 Å². The Hall–Kier alpha value is -3.42. The number of carbonyl (C=O) groups excluding carboxylic acids is 2. The maximum Gasteiger partial charge on any atom is 0.306 e. The van der Waals surface area contributed by atoms with Crippen molar-refractivity contribution in [3.05, 3.63) is 97.2 Å². The number of rotatable bonds is 53. The van der Waals surface area contributed by atoms with Crippen LogP contribution in [0.4, 0.5) is 0 Å². The smallest absolute Gasteiger partial charge is 0.306 e. The van der Waals surface area contributed by atoms with Gasteiger partial charge in [-0.1, -0.05) is 246 Å². The summed E-state index contributed by atoms with van der Waals surface area (Å²) in [4.78, 5) is 26.6. The number of amides is 1. The van der Waals surface area contributed by atoms with Gasteiger partial charge >= 0.3 is 5.97 Å². The molecule has 6 N–H and O–H groups in total. The van der Waals surface area contributed by atoms with E-state index < -0.39 is 67.4 Å². The number of esters is 1. The Balaban J connectivity index is 2.71. The molecule has 0 saturated carbocycles. The van der Waals surface area contributed by atoms with E-state index in [0.29, 0.717) is 12.8 Å². The van der Waals surface area contributed by atoms with Gasteiger partial charge in [-0.3, -0.25) is 9.59 Å². The third-order valence-corrected chi connectivity index (χ3v) is 14.5. The fourth-order valence-corrected chi connectivity index (χ4v) is 9.41. The van der Waals surface area contributed by atoms with E-state index in [0.717, 1.165) is 103 Å². The summed E-state index contributed by atoms with van der Waals surface area (Å²) in [5, 5.41) is 57.0. The normalized spacial score (nSPS) is 19.5. The molecule has 11 nitrogen and oxygen atoms in total. The second-order valence-electron chi connectivity index (χ2n) is 21.8. The molecular weight excluding hydrogens is 991 g/mol. The zero-order valence-electron chi connectivity index (χ0n) is 50.2. The summed E-state index contributed by atoms with van der Waals surface area (Å²) in [7, 11) is 0. The summed E-state index contributed by atoms with van der Waals surface area (Å²) >= 11 is 0. The highest BCUT2D eigenvalue weighted by Crippen LogP contribution is 2.26. The minimum absolute atomic E-state index is 0.0638. The van der Waals surface area contributed by atoms with Crippen LogP contribution in [0.3, 0.4) is 0 Å². The standard InChI is InChI=1S/C68H117NO10/c1-4-7-10-13-16-19-22-25-27-29-30-31-32-33-35-38-41-44-47-50-53-56-63(73)79-66-65(75)64(74)62(57-70)78-68(66)77-58-59(60(71)54-51-48-45-42-39-36-24-21-18-15-12-9-6-3)69-67(76)61(72)55-52-49-46-43-40-37-34-28-26-23-20-17-14-11-8-5-2/h7,10,16,19,25-28,30-31,33,35,41,44,51,54,59-62,64-66,68,70-72,74-75H,4-6,8-9,11-15,17-18,20-24,29,32,34,36-40,42-43,45-50,52-53,55-58H2,1-3H3,(H,69,76)/b10-7-,19-16-,27-25-,28-26+,31-30-,35-33-,44-41-,54-51+. The Labute approximate surface area is 482 Å². The maximum atomic E-state index is 13.4. The van der Waals surface area contributed by atoms with E-state index in [1.54, 1.807) is 6.08 Å². The lowest BCUT2D eigenvalue weighted by Crippen LogP contribution is -2.61. The molecule has 454 valence electrons. The average Bonchev–Trinajstić information content (AvgIpc) is 3.49. The van der Waals surface area contributed by atoms with Crippen molar-refractivity contribution in [1.82, 2.24) is 5.32 Å². The van der Waals surface area contributed by atoms with Gasteiger partial charge in [0.1, 0.15) is 24.4 Å². The molecule has 0 radical (unpaired) electrons. The molecule has 11 heteroatoms. The fourth-order valence-electron chi connectivity index (χ4n) is 9.41. The molecule has 8 unspecified atom stereocenters. The lowest BCUT2D eigenvalue weighted by Gasteiger charge is -2.41. The first-order valence-corrected chi connectivity index (χ1v) is 32.0. The van der Waals surface area contributed by atoms with Crippen molar-refractivity contribution in [3.8, 4) is 0 Å². The number of allylic oxidation sites excluding steroid dienone is 15. The number of ether oxygens (including phenoxy) is 3. The van der Waals surface area contributed by atoms with Gasteiger partial charge < -0.3 is 45.1 Å². The lowest BCUT2D eigenvalue weighted by molar-refractivity contribution is -0.305. The molecule has 0 aromatic heterocycles. The Morgan fingerprint density at radius 3 is 1.38 bits per heavy atom. The Bertz CT molecular complexity index is 1650. The predicted molar refractivity (Wildman–Crippen MR) is 329 cm³/mol. The van der Waals surface area contributed by atoms with Crippen LogP contribution in [0.25, 0.3) is 0 Å². The average molecular weight is 1110 g/mol. The summed E-state index contributed by atoms with van der Waals surface area (Å²) in [5.74, 6) is -1.25. The first kappa shape index (κ1) is 73.6. The molecular formula is C68H117NO10. The zero-order chi connectivity index (χ0) is 57.5. The van der Waals surface area contributed by atoms with Crippen LogP contribution in [0, 0.1) is 0 Å². The molecule has 79 heavy (non-hydrogen) atoms. The molecule has 1 amide bonds. The van der Waals surface area contributed by atoms with Crippen LogP contribution in [0.5, 0.6) is 0 Å². The van der Waals surface area contributed by atoms with Crippen molar-refractivity contribution in [1.29, 1.82) is 0 Å².